The van der Waals surface area contributed by atoms with Gasteiger partial charge in [-0.05, 0) is 58.0 Å². The van der Waals surface area contributed by atoms with E-state index >= 15 is 0 Å². The fraction of sp³-hybridized carbons (Fsp3) is 0.571. The van der Waals surface area contributed by atoms with E-state index in [0.29, 0.717) is 40.8 Å². The normalized spacial score (nSPS) is 12.2. The molecule has 0 saturated heterocycles. The second-order valence-electron chi connectivity index (χ2n) is 5.56. The minimum atomic E-state index is -3.51. The molecule has 6 nitrogen and oxygen atoms in total. The number of sulfonamides is 1. The number of aryl methyl sites for hydroxylation is 2. The zero-order valence-electron chi connectivity index (χ0n) is 13.4. The maximum Gasteiger partial charge on any atom is 0.241 e. The van der Waals surface area contributed by atoms with Crippen molar-refractivity contribution in [3.63, 3.8) is 0 Å². The Labute approximate surface area is 127 Å². The van der Waals surface area contributed by atoms with Crippen molar-refractivity contribution in [1.29, 1.82) is 0 Å². The minimum absolute atomic E-state index is 0.328. The summed E-state index contributed by atoms with van der Waals surface area (Å²) >= 11 is 0. The Kier molecular flexibility index (Phi) is 6.15. The first-order valence-corrected chi connectivity index (χ1v) is 8.45. The van der Waals surface area contributed by atoms with Crippen molar-refractivity contribution in [3.05, 3.63) is 23.3 Å². The van der Waals surface area contributed by atoms with E-state index in [1.165, 1.54) is 0 Å². The van der Waals surface area contributed by atoms with Gasteiger partial charge in [-0.3, -0.25) is 5.84 Å². The van der Waals surface area contributed by atoms with E-state index in [-0.39, 0.29) is 0 Å². The molecule has 0 aliphatic rings. The van der Waals surface area contributed by atoms with E-state index in [2.05, 4.69) is 28.9 Å². The number of rotatable bonds is 7. The standard InChI is InChI=1S/C14H26N4O2S/c1-10(2)18(5)7-6-16-21(19,20)14-11(3)8-13(17-15)9-12(14)4/h8-10,16-17H,6-7,15H2,1-5H3. The lowest BCUT2D eigenvalue weighted by molar-refractivity contribution is 0.278. The summed E-state index contributed by atoms with van der Waals surface area (Å²) in [5.41, 5.74) is 4.58. The summed E-state index contributed by atoms with van der Waals surface area (Å²) in [5, 5.41) is 0. The quantitative estimate of drug-likeness (QED) is 0.520. The highest BCUT2D eigenvalue weighted by Crippen LogP contribution is 2.23. The predicted octanol–water partition coefficient (Wildman–Crippen LogP) is 1.21. The SMILES string of the molecule is Cc1cc(NN)cc(C)c1S(=O)(=O)NCCN(C)C(C)C. The molecule has 0 bridgehead atoms. The number of nitrogen functional groups attached to an aromatic ring is 1. The molecule has 0 radical (unpaired) electrons. The summed E-state index contributed by atoms with van der Waals surface area (Å²) in [6.07, 6.45) is 0. The van der Waals surface area contributed by atoms with E-state index in [1.807, 2.05) is 7.05 Å². The molecular weight excluding hydrogens is 288 g/mol. The van der Waals surface area contributed by atoms with Crippen LogP contribution in [-0.2, 0) is 10.0 Å². The van der Waals surface area contributed by atoms with E-state index in [0.717, 1.165) is 0 Å². The Morgan fingerprint density at radius 3 is 2.19 bits per heavy atom. The fourth-order valence-corrected chi connectivity index (χ4v) is 3.61. The van der Waals surface area contributed by atoms with E-state index in [9.17, 15) is 8.42 Å². The van der Waals surface area contributed by atoms with Crippen molar-refractivity contribution in [2.75, 3.05) is 25.6 Å². The van der Waals surface area contributed by atoms with Crippen LogP contribution in [0.5, 0.6) is 0 Å². The average molecular weight is 314 g/mol. The molecule has 1 aromatic carbocycles. The van der Waals surface area contributed by atoms with Crippen LogP contribution in [-0.4, -0.2) is 39.5 Å². The van der Waals surface area contributed by atoms with Crippen LogP contribution in [0.25, 0.3) is 0 Å². The second kappa shape index (κ2) is 7.22. The summed E-state index contributed by atoms with van der Waals surface area (Å²) in [6, 6.07) is 3.83. The molecule has 0 aliphatic heterocycles. The first-order valence-electron chi connectivity index (χ1n) is 6.96. The van der Waals surface area contributed by atoms with Gasteiger partial charge in [-0.2, -0.15) is 0 Å². The molecule has 0 heterocycles. The first kappa shape index (κ1) is 17.9. The van der Waals surface area contributed by atoms with Crippen LogP contribution in [0, 0.1) is 13.8 Å². The van der Waals surface area contributed by atoms with E-state index in [4.69, 9.17) is 5.84 Å². The van der Waals surface area contributed by atoms with Gasteiger partial charge >= 0.3 is 0 Å². The van der Waals surface area contributed by atoms with Crippen molar-refractivity contribution in [2.45, 2.75) is 38.6 Å². The third-order valence-electron chi connectivity index (χ3n) is 3.53. The number of anilines is 1. The molecule has 7 heteroatoms. The van der Waals surface area contributed by atoms with Crippen LogP contribution in [0.3, 0.4) is 0 Å². The van der Waals surface area contributed by atoms with Crippen LogP contribution in [0.2, 0.25) is 0 Å². The predicted molar refractivity (Wildman–Crippen MR) is 86.7 cm³/mol. The van der Waals surface area contributed by atoms with Gasteiger partial charge in [0, 0.05) is 24.8 Å². The molecule has 0 aromatic heterocycles. The molecule has 0 aliphatic carbocycles. The maximum absolute atomic E-state index is 12.4. The van der Waals surface area contributed by atoms with Crippen LogP contribution in [0.1, 0.15) is 25.0 Å². The number of likely N-dealkylation sites (N-methyl/N-ethyl adjacent to an activating group) is 1. The second-order valence-corrected chi connectivity index (χ2v) is 7.26. The van der Waals surface area contributed by atoms with E-state index < -0.39 is 10.0 Å². The first-order chi connectivity index (χ1) is 9.69. The lowest BCUT2D eigenvalue weighted by atomic mass is 10.1. The highest BCUT2D eigenvalue weighted by Gasteiger charge is 2.20. The molecule has 0 unspecified atom stereocenters. The number of nitrogens with one attached hydrogen (secondary N) is 2. The van der Waals surface area contributed by atoms with Gasteiger partial charge in [-0.15, -0.1) is 0 Å². The van der Waals surface area contributed by atoms with Gasteiger partial charge in [0.25, 0.3) is 0 Å². The molecule has 120 valence electrons. The summed E-state index contributed by atoms with van der Waals surface area (Å²) in [5.74, 6) is 5.37. The largest absolute Gasteiger partial charge is 0.324 e. The average Bonchev–Trinajstić information content (AvgIpc) is 2.36. The van der Waals surface area contributed by atoms with Crippen molar-refractivity contribution in [1.82, 2.24) is 9.62 Å². The fourth-order valence-electron chi connectivity index (χ4n) is 2.14. The van der Waals surface area contributed by atoms with Crippen molar-refractivity contribution >= 4 is 15.7 Å². The summed E-state index contributed by atoms with van der Waals surface area (Å²) in [4.78, 5) is 2.41. The lowest BCUT2D eigenvalue weighted by Gasteiger charge is -2.21. The minimum Gasteiger partial charge on any atom is -0.324 e. The number of hydrazine groups is 1. The van der Waals surface area contributed by atoms with Crippen LogP contribution >= 0.6 is 0 Å². The molecule has 1 rings (SSSR count). The van der Waals surface area contributed by atoms with Crippen LogP contribution in [0.4, 0.5) is 5.69 Å². The van der Waals surface area contributed by atoms with Crippen LogP contribution < -0.4 is 16.0 Å². The number of benzene rings is 1. The van der Waals surface area contributed by atoms with Crippen molar-refractivity contribution in [2.24, 2.45) is 5.84 Å². The zero-order chi connectivity index (χ0) is 16.2. The highest BCUT2D eigenvalue weighted by molar-refractivity contribution is 7.89. The van der Waals surface area contributed by atoms with Gasteiger partial charge < -0.3 is 10.3 Å². The Hall–Kier alpha value is -1.15. The van der Waals surface area contributed by atoms with Gasteiger partial charge in [-0.1, -0.05) is 0 Å². The van der Waals surface area contributed by atoms with Crippen molar-refractivity contribution in [3.8, 4) is 0 Å². The molecule has 0 saturated carbocycles. The Morgan fingerprint density at radius 1 is 1.24 bits per heavy atom. The van der Waals surface area contributed by atoms with Gasteiger partial charge in [0.05, 0.1) is 4.90 Å². The van der Waals surface area contributed by atoms with E-state index in [1.54, 1.807) is 26.0 Å². The number of nitrogens with two attached hydrogens (primary N) is 1. The molecule has 0 atom stereocenters. The lowest BCUT2D eigenvalue weighted by Crippen LogP contribution is -2.36. The highest BCUT2D eigenvalue weighted by atomic mass is 32.2. The van der Waals surface area contributed by atoms with Gasteiger partial charge in [0.1, 0.15) is 0 Å². The molecule has 0 amide bonds. The third-order valence-corrected chi connectivity index (χ3v) is 5.30. The van der Waals surface area contributed by atoms with Gasteiger partial charge in [0.2, 0.25) is 10.0 Å². The zero-order valence-corrected chi connectivity index (χ0v) is 14.2. The Balaban J connectivity index is 2.89. The van der Waals surface area contributed by atoms with Gasteiger partial charge in [0.15, 0.2) is 0 Å². The Bertz CT molecular complexity index is 562. The molecule has 4 N–H and O–H groups in total. The summed E-state index contributed by atoms with van der Waals surface area (Å²) in [7, 11) is -1.54. The number of hydrogen-bond donors (Lipinski definition) is 3. The Morgan fingerprint density at radius 2 is 1.76 bits per heavy atom. The molecular formula is C14H26N4O2S. The molecule has 0 fully saturated rings. The summed E-state index contributed by atoms with van der Waals surface area (Å²) < 4.78 is 27.5. The maximum atomic E-state index is 12.4. The van der Waals surface area contributed by atoms with Gasteiger partial charge in [-0.25, -0.2) is 13.1 Å². The van der Waals surface area contributed by atoms with Crippen molar-refractivity contribution < 1.29 is 8.42 Å². The molecule has 0 spiro atoms. The summed E-state index contributed by atoms with van der Waals surface area (Å²) in [6.45, 7) is 8.72. The topological polar surface area (TPSA) is 87.5 Å². The van der Waals surface area contributed by atoms with Crippen LogP contribution in [0.15, 0.2) is 17.0 Å². The molecule has 21 heavy (non-hydrogen) atoms. The third kappa shape index (κ3) is 4.67. The number of hydrogen-bond acceptors (Lipinski definition) is 5. The molecule has 1 aromatic rings. The number of nitrogens with zero attached hydrogens (tertiary/aromatic N) is 1. The smallest absolute Gasteiger partial charge is 0.241 e. The monoisotopic (exact) mass is 314 g/mol.